The molecule has 2 N–H and O–H groups in total. The second kappa shape index (κ2) is 7.81. The van der Waals surface area contributed by atoms with E-state index in [4.69, 9.17) is 9.26 Å². The van der Waals surface area contributed by atoms with Crippen molar-refractivity contribution in [1.82, 2.24) is 10.1 Å². The number of aromatic nitrogens is 2. The molecule has 1 unspecified atom stereocenters. The Morgan fingerprint density at radius 1 is 1.12 bits per heavy atom. The van der Waals surface area contributed by atoms with Crippen molar-refractivity contribution in [2.75, 3.05) is 11.9 Å². The van der Waals surface area contributed by atoms with Crippen molar-refractivity contribution >= 4 is 5.95 Å². The minimum absolute atomic E-state index is 0.0845. The minimum Gasteiger partial charge on any atom is -0.491 e. The lowest BCUT2D eigenvalue weighted by Gasteiger charge is -2.14. The Bertz CT molecular complexity index is 802. The van der Waals surface area contributed by atoms with Crippen molar-refractivity contribution in [3.63, 3.8) is 0 Å². The van der Waals surface area contributed by atoms with Crippen LogP contribution in [-0.2, 0) is 0 Å². The lowest BCUT2D eigenvalue weighted by molar-refractivity contribution is 0.189. The molecule has 2 aromatic carbocycles. The molecule has 130 valence electrons. The summed E-state index contributed by atoms with van der Waals surface area (Å²) in [4.78, 5) is 4.28. The van der Waals surface area contributed by atoms with Gasteiger partial charge in [0.15, 0.2) is 0 Å². The molecular formula is C19H21N3O3. The van der Waals surface area contributed by atoms with E-state index >= 15 is 0 Å². The van der Waals surface area contributed by atoms with Crippen LogP contribution in [-0.4, -0.2) is 27.9 Å². The molecule has 6 heteroatoms. The molecule has 25 heavy (non-hydrogen) atoms. The summed E-state index contributed by atoms with van der Waals surface area (Å²) in [5.41, 5.74) is 1.61. The van der Waals surface area contributed by atoms with E-state index in [1.165, 1.54) is 0 Å². The van der Waals surface area contributed by atoms with Crippen LogP contribution in [0.1, 0.15) is 25.5 Å². The number of nitrogens with one attached hydrogen (secondary N) is 1. The molecule has 0 aliphatic rings. The Hall–Kier alpha value is -2.86. The number of hydrogen-bond acceptors (Lipinski definition) is 6. The van der Waals surface area contributed by atoms with E-state index in [0.29, 0.717) is 11.8 Å². The van der Waals surface area contributed by atoms with Gasteiger partial charge in [-0.15, -0.1) is 0 Å². The van der Waals surface area contributed by atoms with Gasteiger partial charge in [0.1, 0.15) is 5.75 Å². The maximum Gasteiger partial charge on any atom is 0.263 e. The quantitative estimate of drug-likeness (QED) is 0.684. The Kier molecular flexibility index (Phi) is 5.30. The average molecular weight is 339 g/mol. The summed E-state index contributed by atoms with van der Waals surface area (Å²) in [5.74, 6) is 1.51. The molecule has 1 atom stereocenters. The van der Waals surface area contributed by atoms with Gasteiger partial charge < -0.3 is 19.7 Å². The highest BCUT2D eigenvalue weighted by molar-refractivity contribution is 5.53. The lowest BCUT2D eigenvalue weighted by Crippen LogP contribution is -2.13. The van der Waals surface area contributed by atoms with Crippen LogP contribution in [0.4, 0.5) is 5.95 Å². The fourth-order valence-electron chi connectivity index (χ4n) is 2.37. The fraction of sp³-hybridized carbons (Fsp3) is 0.263. The zero-order chi connectivity index (χ0) is 17.6. The van der Waals surface area contributed by atoms with Gasteiger partial charge in [-0.3, -0.25) is 0 Å². The van der Waals surface area contributed by atoms with Crippen LogP contribution >= 0.6 is 0 Å². The topological polar surface area (TPSA) is 80.4 Å². The first-order chi connectivity index (χ1) is 12.1. The Morgan fingerprint density at radius 3 is 2.68 bits per heavy atom. The number of aliphatic hydroxyl groups is 1. The summed E-state index contributed by atoms with van der Waals surface area (Å²) in [5, 5.41) is 17.2. The minimum atomic E-state index is -0.714. The molecule has 0 fully saturated rings. The number of benzene rings is 2. The van der Waals surface area contributed by atoms with Gasteiger partial charge in [0.25, 0.3) is 11.8 Å². The van der Waals surface area contributed by atoms with Crippen molar-refractivity contribution < 1.29 is 14.4 Å². The van der Waals surface area contributed by atoms with Crippen LogP contribution in [0.25, 0.3) is 11.5 Å². The molecule has 0 amide bonds. The molecule has 0 spiro atoms. The van der Waals surface area contributed by atoms with Crippen molar-refractivity contribution in [1.29, 1.82) is 0 Å². The SMILES string of the molecule is CC(C)Oc1cccc(C(O)CNc2noc(-c3ccccc3)n2)c1. The molecule has 0 aliphatic carbocycles. The van der Waals surface area contributed by atoms with Gasteiger partial charge in [-0.2, -0.15) is 4.98 Å². The van der Waals surface area contributed by atoms with E-state index in [9.17, 15) is 5.11 Å². The van der Waals surface area contributed by atoms with Crippen molar-refractivity contribution in [3.05, 3.63) is 60.2 Å². The standard InChI is InChI=1S/C19H21N3O3/c1-13(2)24-16-10-6-9-15(11-16)17(23)12-20-19-21-18(25-22-19)14-7-4-3-5-8-14/h3-11,13,17,23H,12H2,1-2H3,(H,20,22). The number of anilines is 1. The molecule has 0 saturated heterocycles. The van der Waals surface area contributed by atoms with Gasteiger partial charge in [-0.25, -0.2) is 0 Å². The van der Waals surface area contributed by atoms with E-state index < -0.39 is 6.10 Å². The predicted octanol–water partition coefficient (Wildman–Crippen LogP) is 3.67. The van der Waals surface area contributed by atoms with Crippen molar-refractivity contribution in [2.24, 2.45) is 0 Å². The molecule has 6 nitrogen and oxygen atoms in total. The van der Waals surface area contributed by atoms with Crippen molar-refractivity contribution in [3.8, 4) is 17.2 Å². The zero-order valence-electron chi connectivity index (χ0n) is 14.2. The monoisotopic (exact) mass is 339 g/mol. The largest absolute Gasteiger partial charge is 0.491 e. The van der Waals surface area contributed by atoms with E-state index in [1.807, 2.05) is 68.4 Å². The number of rotatable bonds is 7. The molecular weight excluding hydrogens is 318 g/mol. The van der Waals surface area contributed by atoms with Gasteiger partial charge in [-0.05, 0) is 48.8 Å². The van der Waals surface area contributed by atoms with Gasteiger partial charge in [0.2, 0.25) is 0 Å². The summed E-state index contributed by atoms with van der Waals surface area (Å²) >= 11 is 0. The first-order valence-corrected chi connectivity index (χ1v) is 8.19. The Morgan fingerprint density at radius 2 is 1.92 bits per heavy atom. The highest BCUT2D eigenvalue weighted by atomic mass is 16.5. The molecule has 1 aromatic heterocycles. The lowest BCUT2D eigenvalue weighted by atomic mass is 10.1. The van der Waals surface area contributed by atoms with Gasteiger partial charge >= 0.3 is 0 Å². The first-order valence-electron chi connectivity index (χ1n) is 8.19. The third-order valence-electron chi connectivity index (χ3n) is 3.51. The fourth-order valence-corrected chi connectivity index (χ4v) is 2.37. The molecule has 0 saturated carbocycles. The third kappa shape index (κ3) is 4.58. The van der Waals surface area contributed by atoms with Crippen LogP contribution < -0.4 is 10.1 Å². The molecule has 0 aliphatic heterocycles. The van der Waals surface area contributed by atoms with Crippen LogP contribution in [0.3, 0.4) is 0 Å². The summed E-state index contributed by atoms with van der Waals surface area (Å²) in [6.45, 7) is 4.19. The van der Waals surface area contributed by atoms with Crippen LogP contribution in [0.15, 0.2) is 59.1 Å². The summed E-state index contributed by atoms with van der Waals surface area (Å²) in [7, 11) is 0. The summed E-state index contributed by atoms with van der Waals surface area (Å²) in [6.07, 6.45) is -0.629. The highest BCUT2D eigenvalue weighted by Crippen LogP contribution is 2.21. The average Bonchev–Trinajstić information content (AvgIpc) is 3.09. The number of aliphatic hydroxyl groups excluding tert-OH is 1. The predicted molar refractivity (Wildman–Crippen MR) is 95.4 cm³/mol. The maximum atomic E-state index is 10.4. The molecule has 3 rings (SSSR count). The number of nitrogens with zero attached hydrogens (tertiary/aromatic N) is 2. The number of ether oxygens (including phenoxy) is 1. The molecule has 0 bridgehead atoms. The molecule has 3 aromatic rings. The van der Waals surface area contributed by atoms with E-state index in [-0.39, 0.29) is 12.6 Å². The van der Waals surface area contributed by atoms with Gasteiger partial charge in [0, 0.05) is 12.1 Å². The van der Waals surface area contributed by atoms with Gasteiger partial charge in [0.05, 0.1) is 12.2 Å². The molecule has 1 heterocycles. The Balaban J connectivity index is 1.61. The molecule has 0 radical (unpaired) electrons. The first kappa shape index (κ1) is 17.0. The zero-order valence-corrected chi connectivity index (χ0v) is 14.2. The van der Waals surface area contributed by atoms with Crippen molar-refractivity contribution in [2.45, 2.75) is 26.1 Å². The normalized spacial score (nSPS) is 12.2. The summed E-state index contributed by atoms with van der Waals surface area (Å²) in [6, 6.07) is 16.9. The summed E-state index contributed by atoms with van der Waals surface area (Å²) < 4.78 is 10.9. The second-order valence-corrected chi connectivity index (χ2v) is 5.92. The third-order valence-corrected chi connectivity index (χ3v) is 3.51. The van der Waals surface area contributed by atoms with Crippen LogP contribution in [0.2, 0.25) is 0 Å². The number of hydrogen-bond donors (Lipinski definition) is 2. The Labute approximate surface area is 146 Å². The maximum absolute atomic E-state index is 10.4. The van der Waals surface area contributed by atoms with E-state index in [2.05, 4.69) is 15.5 Å². The van der Waals surface area contributed by atoms with Crippen LogP contribution in [0.5, 0.6) is 5.75 Å². The second-order valence-electron chi connectivity index (χ2n) is 5.92. The van der Waals surface area contributed by atoms with E-state index in [0.717, 1.165) is 16.9 Å². The van der Waals surface area contributed by atoms with Gasteiger partial charge in [-0.1, -0.05) is 30.3 Å². The smallest absolute Gasteiger partial charge is 0.263 e. The van der Waals surface area contributed by atoms with Crippen LogP contribution in [0, 0.1) is 0 Å². The highest BCUT2D eigenvalue weighted by Gasteiger charge is 2.12. The van der Waals surface area contributed by atoms with E-state index in [1.54, 1.807) is 0 Å².